The van der Waals surface area contributed by atoms with Gasteiger partial charge in [-0.2, -0.15) is 5.10 Å². The molecule has 0 spiro atoms. The van der Waals surface area contributed by atoms with Crippen LogP contribution in [0.1, 0.15) is 21.6 Å². The zero-order chi connectivity index (χ0) is 24.5. The predicted molar refractivity (Wildman–Crippen MR) is 135 cm³/mol. The average Bonchev–Trinajstić information content (AvgIpc) is 3.19. The van der Waals surface area contributed by atoms with Crippen LogP contribution in [0.15, 0.2) is 72.9 Å². The zero-order valence-electron chi connectivity index (χ0n) is 19.5. The number of anilines is 2. The van der Waals surface area contributed by atoms with Gasteiger partial charge in [0.25, 0.3) is 0 Å². The quantitative estimate of drug-likeness (QED) is 0.339. The molecule has 0 atom stereocenters. The van der Waals surface area contributed by atoms with Crippen LogP contribution in [0.3, 0.4) is 0 Å². The van der Waals surface area contributed by atoms with Gasteiger partial charge < -0.3 is 15.2 Å². The van der Waals surface area contributed by atoms with E-state index in [4.69, 9.17) is 9.84 Å². The van der Waals surface area contributed by atoms with Gasteiger partial charge in [0.2, 0.25) is 5.88 Å². The molecule has 2 N–H and O–H groups in total. The minimum Gasteiger partial charge on any atom is -0.480 e. The Bertz CT molecular complexity index is 1570. The van der Waals surface area contributed by atoms with E-state index in [2.05, 4.69) is 15.3 Å². The second-order valence-corrected chi connectivity index (χ2v) is 8.10. The fraction of sp³-hybridized carbons (Fsp3) is 0.111. The maximum Gasteiger partial charge on any atom is 0.337 e. The summed E-state index contributed by atoms with van der Waals surface area (Å²) in [4.78, 5) is 20.8. The van der Waals surface area contributed by atoms with Gasteiger partial charge in [-0.05, 0) is 55.3 Å². The predicted octanol–water partition coefficient (Wildman–Crippen LogP) is 5.55. The number of para-hydroxylation sites is 2. The maximum atomic E-state index is 11.9. The highest BCUT2D eigenvalue weighted by atomic mass is 16.5. The molecule has 0 aliphatic heterocycles. The molecule has 0 aliphatic rings. The third-order valence-electron chi connectivity index (χ3n) is 5.83. The monoisotopic (exact) mass is 465 g/mol. The van der Waals surface area contributed by atoms with E-state index in [-0.39, 0.29) is 5.56 Å². The Hall–Kier alpha value is -4.72. The third-order valence-corrected chi connectivity index (χ3v) is 5.83. The third kappa shape index (κ3) is 4.06. The van der Waals surface area contributed by atoms with Gasteiger partial charge in [0, 0.05) is 5.56 Å². The fourth-order valence-electron chi connectivity index (χ4n) is 4.12. The highest BCUT2D eigenvalue weighted by Crippen LogP contribution is 2.37. The Labute approximate surface area is 201 Å². The van der Waals surface area contributed by atoms with E-state index in [9.17, 15) is 9.90 Å². The molecule has 0 saturated carbocycles. The number of aromatic nitrogens is 4. The number of methoxy groups -OCH3 is 1. The lowest BCUT2D eigenvalue weighted by Gasteiger charge is -2.15. The summed E-state index contributed by atoms with van der Waals surface area (Å²) in [7, 11) is 1.55. The van der Waals surface area contributed by atoms with Crippen LogP contribution in [0.25, 0.3) is 27.8 Å². The first-order chi connectivity index (χ1) is 17.0. The first-order valence-corrected chi connectivity index (χ1v) is 11.0. The normalized spacial score (nSPS) is 10.9. The molecule has 8 nitrogen and oxygen atoms in total. The van der Waals surface area contributed by atoms with Gasteiger partial charge in [-0.15, -0.1) is 0 Å². The highest BCUT2D eigenvalue weighted by molar-refractivity contribution is 5.96. The molecule has 0 radical (unpaired) electrons. The minimum absolute atomic E-state index is 0.169. The second-order valence-electron chi connectivity index (χ2n) is 8.10. The molecule has 0 fully saturated rings. The summed E-state index contributed by atoms with van der Waals surface area (Å²) in [6, 6.07) is 20.5. The van der Waals surface area contributed by atoms with Crippen molar-refractivity contribution in [1.29, 1.82) is 0 Å². The van der Waals surface area contributed by atoms with Crippen molar-refractivity contribution in [2.45, 2.75) is 13.8 Å². The van der Waals surface area contributed by atoms with Crippen LogP contribution in [-0.4, -0.2) is 37.9 Å². The number of carbonyl (C=O) groups is 1. The summed E-state index contributed by atoms with van der Waals surface area (Å²) < 4.78 is 7.07. The fourth-order valence-corrected chi connectivity index (χ4v) is 4.12. The molecular formula is C27H23N5O3. The first-order valence-electron chi connectivity index (χ1n) is 11.0. The molecule has 8 heteroatoms. The van der Waals surface area contributed by atoms with Crippen LogP contribution in [0, 0.1) is 13.8 Å². The molecule has 0 aliphatic carbocycles. The van der Waals surface area contributed by atoms with Crippen LogP contribution in [0.5, 0.6) is 5.88 Å². The van der Waals surface area contributed by atoms with Crippen LogP contribution >= 0.6 is 0 Å². The number of ether oxygens (including phenoxy) is 1. The van der Waals surface area contributed by atoms with Crippen LogP contribution < -0.4 is 10.1 Å². The van der Waals surface area contributed by atoms with Crippen LogP contribution in [0.4, 0.5) is 11.5 Å². The first kappa shape index (κ1) is 22.1. The molecule has 0 bridgehead atoms. The maximum absolute atomic E-state index is 11.9. The molecule has 0 saturated heterocycles. The number of nitrogens with one attached hydrogen (secondary N) is 1. The van der Waals surface area contributed by atoms with E-state index in [0.717, 1.165) is 33.6 Å². The number of hydrogen-bond acceptors (Lipinski definition) is 6. The summed E-state index contributed by atoms with van der Waals surface area (Å²) in [5.74, 6) is 0.0674. The molecule has 0 amide bonds. The number of aromatic carboxylic acids is 1. The van der Waals surface area contributed by atoms with E-state index >= 15 is 0 Å². The lowest BCUT2D eigenvalue weighted by Crippen LogP contribution is -2.08. The van der Waals surface area contributed by atoms with Crippen molar-refractivity contribution >= 4 is 28.5 Å². The van der Waals surface area contributed by atoms with Crippen molar-refractivity contribution in [2.75, 3.05) is 12.4 Å². The van der Waals surface area contributed by atoms with Gasteiger partial charge in [-0.1, -0.05) is 36.4 Å². The van der Waals surface area contributed by atoms with Crippen molar-refractivity contribution in [3.8, 4) is 22.7 Å². The Morgan fingerprint density at radius 2 is 1.77 bits per heavy atom. The van der Waals surface area contributed by atoms with Crippen molar-refractivity contribution in [1.82, 2.24) is 19.7 Å². The molecular weight excluding hydrogens is 442 g/mol. The van der Waals surface area contributed by atoms with E-state index in [1.807, 2.05) is 61.0 Å². The lowest BCUT2D eigenvalue weighted by molar-refractivity contribution is 0.0698. The molecule has 5 aromatic rings. The number of fused-ring (bicyclic) bond motifs is 1. The SMILES string of the molecule is COc1cnc2ccc(-c3c(C)nn(-c4ccccc4C)c3Nc3ccccc3C(=O)O)cc2n1. The van der Waals surface area contributed by atoms with Gasteiger partial charge in [0.1, 0.15) is 5.82 Å². The molecule has 0 unspecified atom stereocenters. The zero-order valence-corrected chi connectivity index (χ0v) is 19.5. The summed E-state index contributed by atoms with van der Waals surface area (Å²) in [5, 5.41) is 18.0. The number of nitrogens with zero attached hydrogens (tertiary/aromatic N) is 4. The van der Waals surface area contributed by atoms with Gasteiger partial charge in [0.05, 0.1) is 47.0 Å². The number of carboxylic acid groups (broad SMARTS) is 1. The Balaban J connectivity index is 1.75. The number of aryl methyl sites for hydroxylation is 2. The van der Waals surface area contributed by atoms with E-state index in [1.54, 1.807) is 37.6 Å². The van der Waals surface area contributed by atoms with Gasteiger partial charge >= 0.3 is 5.97 Å². The van der Waals surface area contributed by atoms with E-state index < -0.39 is 5.97 Å². The topological polar surface area (TPSA) is 102 Å². The van der Waals surface area contributed by atoms with Crippen LogP contribution in [0.2, 0.25) is 0 Å². The summed E-state index contributed by atoms with van der Waals surface area (Å²) in [5.41, 5.74) is 6.46. The smallest absolute Gasteiger partial charge is 0.337 e. The summed E-state index contributed by atoms with van der Waals surface area (Å²) in [6.45, 7) is 3.94. The second kappa shape index (κ2) is 8.90. The Kier molecular flexibility index (Phi) is 5.62. The summed E-state index contributed by atoms with van der Waals surface area (Å²) >= 11 is 0. The van der Waals surface area contributed by atoms with Crippen molar-refractivity contribution in [3.63, 3.8) is 0 Å². The lowest BCUT2D eigenvalue weighted by atomic mass is 10.0. The largest absolute Gasteiger partial charge is 0.480 e. The minimum atomic E-state index is -1.01. The molecule has 2 heterocycles. The van der Waals surface area contributed by atoms with Crippen LogP contribution in [-0.2, 0) is 0 Å². The number of rotatable bonds is 6. The summed E-state index contributed by atoms with van der Waals surface area (Å²) in [6.07, 6.45) is 1.58. The van der Waals surface area contributed by atoms with E-state index in [1.165, 1.54) is 0 Å². The van der Waals surface area contributed by atoms with Gasteiger partial charge in [0.15, 0.2) is 0 Å². The molecule has 174 valence electrons. The number of hydrogen-bond donors (Lipinski definition) is 2. The van der Waals surface area contributed by atoms with Gasteiger partial charge in [-0.3, -0.25) is 0 Å². The molecule has 3 aromatic carbocycles. The molecule has 35 heavy (non-hydrogen) atoms. The Morgan fingerprint density at radius 3 is 2.54 bits per heavy atom. The van der Waals surface area contributed by atoms with Crippen molar-refractivity contribution < 1.29 is 14.6 Å². The van der Waals surface area contributed by atoms with Crippen molar-refractivity contribution in [2.24, 2.45) is 0 Å². The standard InChI is InChI=1S/C27H23N5O3/c1-16-8-4-7-11-23(16)32-26(30-20-10-6-5-9-19(20)27(33)34)25(17(2)31-32)18-12-13-21-22(14-18)29-24(35-3)15-28-21/h4-15,30H,1-3H3,(H,33,34). The molecule has 5 rings (SSSR count). The molecule has 2 aromatic heterocycles. The number of benzene rings is 3. The average molecular weight is 466 g/mol. The van der Waals surface area contributed by atoms with Gasteiger partial charge in [-0.25, -0.2) is 19.4 Å². The number of carboxylic acids is 1. The highest BCUT2D eigenvalue weighted by Gasteiger charge is 2.21. The van der Waals surface area contributed by atoms with Crippen molar-refractivity contribution in [3.05, 3.63) is 89.7 Å². The van der Waals surface area contributed by atoms with E-state index in [0.29, 0.717) is 22.9 Å². The Morgan fingerprint density at radius 1 is 1.00 bits per heavy atom.